The molecule has 0 heterocycles. The summed E-state index contributed by atoms with van der Waals surface area (Å²) in [5, 5.41) is 2.48. The second-order valence-corrected chi connectivity index (χ2v) is 6.70. The fraction of sp³-hybridized carbons (Fsp3) is 0.250. The molecule has 0 radical (unpaired) electrons. The number of rotatable bonds is 5. The molecule has 0 fully saturated rings. The van der Waals surface area contributed by atoms with Gasteiger partial charge < -0.3 is 4.74 Å². The Morgan fingerprint density at radius 1 is 1.07 bits per heavy atom. The second-order valence-electron chi connectivity index (χ2n) is 6.29. The van der Waals surface area contributed by atoms with E-state index in [-0.39, 0.29) is 17.6 Å². The van der Waals surface area contributed by atoms with Gasteiger partial charge >= 0.3 is 0 Å². The Morgan fingerprint density at radius 2 is 1.78 bits per heavy atom. The topological polar surface area (TPSA) is 79.5 Å². The summed E-state index contributed by atoms with van der Waals surface area (Å²) >= 11 is 4.99. The maximum absolute atomic E-state index is 12.0. The molecule has 0 aliphatic rings. The number of aryl methyl sites for hydroxylation is 1. The van der Waals surface area contributed by atoms with Crippen LogP contribution in [-0.4, -0.2) is 23.5 Å². The lowest BCUT2D eigenvalue weighted by Crippen LogP contribution is -2.49. The zero-order valence-corrected chi connectivity index (χ0v) is 16.4. The first-order valence-electron chi connectivity index (χ1n) is 8.55. The van der Waals surface area contributed by atoms with Crippen LogP contribution in [0.1, 0.15) is 41.3 Å². The maximum atomic E-state index is 12.0. The summed E-state index contributed by atoms with van der Waals surface area (Å²) in [6, 6.07) is 14.6. The van der Waals surface area contributed by atoms with Gasteiger partial charge in [-0.1, -0.05) is 44.2 Å². The minimum Gasteiger partial charge on any atom is -0.483 e. The molecule has 2 rings (SSSR count). The molecule has 0 spiro atoms. The molecule has 0 aliphatic carbocycles. The van der Waals surface area contributed by atoms with Crippen LogP contribution in [0.15, 0.2) is 48.5 Å². The number of hydrogen-bond acceptors (Lipinski definition) is 4. The average molecular weight is 385 g/mol. The maximum Gasteiger partial charge on any atom is 0.276 e. The molecule has 0 aromatic heterocycles. The van der Waals surface area contributed by atoms with Gasteiger partial charge in [-0.05, 0) is 54.4 Å². The third kappa shape index (κ3) is 6.38. The van der Waals surface area contributed by atoms with Gasteiger partial charge in [0.05, 0.1) is 0 Å². The van der Waals surface area contributed by atoms with E-state index in [1.807, 2.05) is 31.2 Å². The van der Waals surface area contributed by atoms with Crippen LogP contribution in [0.25, 0.3) is 0 Å². The third-order valence-electron chi connectivity index (χ3n) is 3.82. The zero-order valence-electron chi connectivity index (χ0n) is 15.5. The first-order valence-corrected chi connectivity index (χ1v) is 8.96. The predicted molar refractivity (Wildman–Crippen MR) is 109 cm³/mol. The molecule has 6 nitrogen and oxygen atoms in total. The summed E-state index contributed by atoms with van der Waals surface area (Å²) in [6.45, 7) is 5.93. The molecule has 0 aliphatic heterocycles. The summed E-state index contributed by atoms with van der Waals surface area (Å²) in [7, 11) is 0. The largest absolute Gasteiger partial charge is 0.483 e. The standard InChI is InChI=1S/C20H23N3O3S/c1-13(2)16-10-9-14(3)17(11-16)26-12-18(24)22-23-20(27)21-19(25)15-7-5-4-6-8-15/h4-11,13H,12H2,1-3H3,(H,22,24)(H2,21,23,25,27). The second kappa shape index (κ2) is 9.68. The average Bonchev–Trinajstić information content (AvgIpc) is 2.66. The Kier molecular flexibility index (Phi) is 7.31. The van der Waals surface area contributed by atoms with Crippen molar-refractivity contribution in [3.05, 3.63) is 65.2 Å². The van der Waals surface area contributed by atoms with Gasteiger partial charge in [0.15, 0.2) is 11.7 Å². The van der Waals surface area contributed by atoms with Crippen LogP contribution in [0.4, 0.5) is 0 Å². The molecule has 27 heavy (non-hydrogen) atoms. The van der Waals surface area contributed by atoms with Crippen molar-refractivity contribution in [3.63, 3.8) is 0 Å². The number of thiocarbonyl (C=S) groups is 1. The van der Waals surface area contributed by atoms with E-state index in [0.717, 1.165) is 11.1 Å². The van der Waals surface area contributed by atoms with E-state index in [4.69, 9.17) is 17.0 Å². The van der Waals surface area contributed by atoms with Crippen LogP contribution in [0.5, 0.6) is 5.75 Å². The van der Waals surface area contributed by atoms with Crippen LogP contribution >= 0.6 is 12.2 Å². The molecule has 3 N–H and O–H groups in total. The van der Waals surface area contributed by atoms with Crippen molar-refractivity contribution < 1.29 is 14.3 Å². The number of carbonyl (C=O) groups is 2. The Morgan fingerprint density at radius 3 is 2.44 bits per heavy atom. The van der Waals surface area contributed by atoms with E-state index in [0.29, 0.717) is 17.2 Å². The highest BCUT2D eigenvalue weighted by Gasteiger charge is 2.10. The third-order valence-corrected chi connectivity index (χ3v) is 4.02. The Balaban J connectivity index is 1.78. The summed E-state index contributed by atoms with van der Waals surface area (Å²) in [6.07, 6.45) is 0. The highest BCUT2D eigenvalue weighted by molar-refractivity contribution is 7.80. The van der Waals surface area contributed by atoms with Gasteiger partial charge in [-0.15, -0.1) is 0 Å². The lowest BCUT2D eigenvalue weighted by Gasteiger charge is -2.14. The predicted octanol–water partition coefficient (Wildman–Crippen LogP) is 2.83. The lowest BCUT2D eigenvalue weighted by atomic mass is 10.0. The number of hydrazine groups is 1. The highest BCUT2D eigenvalue weighted by Crippen LogP contribution is 2.24. The van der Waals surface area contributed by atoms with E-state index in [9.17, 15) is 9.59 Å². The summed E-state index contributed by atoms with van der Waals surface area (Å²) in [4.78, 5) is 23.9. The molecule has 0 bridgehead atoms. The molecule has 142 valence electrons. The van der Waals surface area contributed by atoms with Crippen molar-refractivity contribution in [2.45, 2.75) is 26.7 Å². The van der Waals surface area contributed by atoms with E-state index < -0.39 is 5.91 Å². The SMILES string of the molecule is Cc1ccc(C(C)C)cc1OCC(=O)NNC(=S)NC(=O)c1ccccc1. The number of ether oxygens (including phenoxy) is 1. The molecular formula is C20H23N3O3S. The number of benzene rings is 2. The normalized spacial score (nSPS) is 10.2. The van der Waals surface area contributed by atoms with Crippen molar-refractivity contribution in [3.8, 4) is 5.75 Å². The van der Waals surface area contributed by atoms with Crippen LogP contribution in [0.3, 0.4) is 0 Å². The number of amides is 2. The Hall–Kier alpha value is -2.93. The van der Waals surface area contributed by atoms with Crippen molar-refractivity contribution in [2.75, 3.05) is 6.61 Å². The molecule has 2 aromatic carbocycles. The van der Waals surface area contributed by atoms with Gasteiger partial charge in [-0.2, -0.15) is 0 Å². The minimum absolute atomic E-state index is 0.00445. The number of carbonyl (C=O) groups excluding carboxylic acids is 2. The van der Waals surface area contributed by atoms with Gasteiger partial charge in [-0.3, -0.25) is 25.8 Å². The van der Waals surface area contributed by atoms with Crippen molar-refractivity contribution in [1.29, 1.82) is 0 Å². The van der Waals surface area contributed by atoms with Crippen LogP contribution < -0.4 is 20.9 Å². The lowest BCUT2D eigenvalue weighted by molar-refractivity contribution is -0.123. The van der Waals surface area contributed by atoms with E-state index in [1.54, 1.807) is 24.3 Å². The van der Waals surface area contributed by atoms with E-state index >= 15 is 0 Å². The molecule has 2 amide bonds. The summed E-state index contributed by atoms with van der Waals surface area (Å²) < 4.78 is 5.59. The highest BCUT2D eigenvalue weighted by atomic mass is 32.1. The molecule has 0 saturated heterocycles. The molecule has 7 heteroatoms. The molecule has 2 aromatic rings. The fourth-order valence-corrected chi connectivity index (χ4v) is 2.38. The van der Waals surface area contributed by atoms with Gasteiger partial charge in [0.2, 0.25) is 0 Å². The van der Waals surface area contributed by atoms with Crippen LogP contribution in [0.2, 0.25) is 0 Å². The van der Waals surface area contributed by atoms with Crippen molar-refractivity contribution in [1.82, 2.24) is 16.2 Å². The van der Waals surface area contributed by atoms with Gasteiger partial charge in [0.1, 0.15) is 5.75 Å². The number of nitrogens with one attached hydrogen (secondary N) is 3. The van der Waals surface area contributed by atoms with E-state index in [2.05, 4.69) is 30.0 Å². The Bertz CT molecular complexity index is 822. The first kappa shape index (κ1) is 20.4. The summed E-state index contributed by atoms with van der Waals surface area (Å²) in [5.41, 5.74) is 7.44. The zero-order chi connectivity index (χ0) is 19.8. The minimum atomic E-state index is -0.416. The van der Waals surface area contributed by atoms with Gasteiger partial charge in [0.25, 0.3) is 11.8 Å². The first-order chi connectivity index (χ1) is 12.9. The molecule has 0 saturated carbocycles. The number of hydrogen-bond donors (Lipinski definition) is 3. The van der Waals surface area contributed by atoms with Crippen molar-refractivity contribution in [2.24, 2.45) is 0 Å². The quantitative estimate of drug-likeness (QED) is 0.545. The fourth-order valence-electron chi connectivity index (χ4n) is 2.23. The molecular weight excluding hydrogens is 362 g/mol. The molecule has 0 atom stereocenters. The van der Waals surface area contributed by atoms with Gasteiger partial charge in [0, 0.05) is 5.56 Å². The van der Waals surface area contributed by atoms with Crippen molar-refractivity contribution >= 4 is 29.1 Å². The van der Waals surface area contributed by atoms with Crippen LogP contribution in [-0.2, 0) is 4.79 Å². The van der Waals surface area contributed by atoms with Gasteiger partial charge in [-0.25, -0.2) is 0 Å². The smallest absolute Gasteiger partial charge is 0.276 e. The Labute approximate surface area is 164 Å². The van der Waals surface area contributed by atoms with E-state index in [1.165, 1.54) is 0 Å². The molecule has 0 unspecified atom stereocenters. The van der Waals surface area contributed by atoms with Crippen LogP contribution in [0, 0.1) is 6.92 Å². The summed E-state index contributed by atoms with van der Waals surface area (Å²) in [5.74, 6) is 0.255. The monoisotopic (exact) mass is 385 g/mol.